The number of amides is 1. The smallest absolute Gasteiger partial charge is 0.338 e. The molecule has 21 heavy (non-hydrogen) atoms. The van der Waals surface area contributed by atoms with Gasteiger partial charge in [-0.25, -0.2) is 17.6 Å². The minimum absolute atomic E-state index is 0.171. The van der Waals surface area contributed by atoms with Crippen molar-refractivity contribution >= 4 is 21.7 Å². The number of carboxylic acids is 1. The molecule has 0 spiro atoms. The van der Waals surface area contributed by atoms with Gasteiger partial charge in [-0.15, -0.1) is 0 Å². The van der Waals surface area contributed by atoms with Crippen LogP contribution < -0.4 is 5.32 Å². The van der Waals surface area contributed by atoms with E-state index >= 15 is 0 Å². The molecule has 0 heterocycles. The fourth-order valence-corrected chi connectivity index (χ4v) is 2.70. The molecule has 0 aliphatic rings. The molecule has 0 bridgehead atoms. The number of hydrogen-bond acceptors (Lipinski definition) is 4. The van der Waals surface area contributed by atoms with E-state index < -0.39 is 43.7 Å². The third kappa shape index (κ3) is 4.52. The van der Waals surface area contributed by atoms with Gasteiger partial charge in [0.2, 0.25) is 5.91 Å². The van der Waals surface area contributed by atoms with Crippen LogP contribution in [0.5, 0.6) is 0 Å². The molecule has 1 unspecified atom stereocenters. The average molecular weight is 317 g/mol. The maximum atomic E-state index is 13.2. The summed E-state index contributed by atoms with van der Waals surface area (Å²) < 4.78 is 37.3. The quantitative estimate of drug-likeness (QED) is 0.768. The van der Waals surface area contributed by atoms with E-state index in [1.807, 2.05) is 6.92 Å². The molecule has 0 saturated heterocycles. The topological polar surface area (TPSA) is 101 Å². The van der Waals surface area contributed by atoms with Gasteiger partial charge < -0.3 is 10.4 Å². The first-order valence-corrected chi connectivity index (χ1v) is 7.87. The van der Waals surface area contributed by atoms with Gasteiger partial charge in [-0.3, -0.25) is 4.79 Å². The van der Waals surface area contributed by atoms with Gasteiger partial charge in [-0.2, -0.15) is 0 Å². The highest BCUT2D eigenvalue weighted by Crippen LogP contribution is 2.16. The Hall–Kier alpha value is -1.96. The molecule has 0 aromatic heterocycles. The summed E-state index contributed by atoms with van der Waals surface area (Å²) in [4.78, 5) is 22.0. The van der Waals surface area contributed by atoms with Crippen LogP contribution in [0.15, 0.2) is 23.1 Å². The van der Waals surface area contributed by atoms with Crippen molar-refractivity contribution in [3.05, 3.63) is 29.6 Å². The van der Waals surface area contributed by atoms with Crippen molar-refractivity contribution in [1.82, 2.24) is 5.32 Å². The largest absolute Gasteiger partial charge is 0.478 e. The summed E-state index contributed by atoms with van der Waals surface area (Å²) in [7, 11) is -4.03. The Balaban J connectivity index is 3.01. The maximum absolute atomic E-state index is 13.2. The fraction of sp³-hybridized carbons (Fsp3) is 0.385. The normalized spacial score (nSPS) is 12.7. The van der Waals surface area contributed by atoms with Gasteiger partial charge in [0.25, 0.3) is 0 Å². The van der Waals surface area contributed by atoms with Crippen molar-refractivity contribution in [2.24, 2.45) is 0 Å². The van der Waals surface area contributed by atoms with Crippen molar-refractivity contribution in [2.75, 3.05) is 5.75 Å². The first kappa shape index (κ1) is 17.1. The van der Waals surface area contributed by atoms with E-state index in [1.165, 1.54) is 0 Å². The van der Waals surface area contributed by atoms with Crippen LogP contribution in [0.4, 0.5) is 4.39 Å². The number of carbonyl (C=O) groups is 2. The summed E-state index contributed by atoms with van der Waals surface area (Å²) in [5.41, 5.74) is -0.751. The number of carbonyl (C=O) groups excluding carboxylic acids is 1. The van der Waals surface area contributed by atoms with Crippen LogP contribution in [-0.2, 0) is 14.6 Å². The Morgan fingerprint density at radius 2 is 2.00 bits per heavy atom. The van der Waals surface area contributed by atoms with Gasteiger partial charge in [0.1, 0.15) is 11.6 Å². The molecule has 8 heteroatoms. The molecule has 1 aromatic carbocycles. The zero-order chi connectivity index (χ0) is 16.2. The molecule has 0 saturated carbocycles. The molecular weight excluding hydrogens is 301 g/mol. The first-order chi connectivity index (χ1) is 9.67. The Bertz CT molecular complexity index is 657. The summed E-state index contributed by atoms with van der Waals surface area (Å²) in [6, 6.07) is 2.23. The van der Waals surface area contributed by atoms with Crippen molar-refractivity contribution in [2.45, 2.75) is 31.2 Å². The molecule has 0 radical (unpaired) electrons. The molecule has 1 aromatic rings. The number of halogens is 1. The summed E-state index contributed by atoms with van der Waals surface area (Å²) in [5, 5.41) is 11.3. The molecule has 0 fully saturated rings. The SMILES string of the molecule is CCC(C)NC(=O)CS(=O)(=O)c1ccc(F)c(C(=O)O)c1. The van der Waals surface area contributed by atoms with Crippen molar-refractivity contribution in [3.8, 4) is 0 Å². The van der Waals surface area contributed by atoms with Gasteiger partial charge in [-0.05, 0) is 31.5 Å². The summed E-state index contributed by atoms with van der Waals surface area (Å²) in [6.07, 6.45) is 0.644. The van der Waals surface area contributed by atoms with Crippen LogP contribution in [0.2, 0.25) is 0 Å². The lowest BCUT2D eigenvalue weighted by molar-refractivity contribution is -0.119. The van der Waals surface area contributed by atoms with Gasteiger partial charge in [0, 0.05) is 6.04 Å². The number of rotatable bonds is 6. The van der Waals surface area contributed by atoms with E-state index in [-0.39, 0.29) is 6.04 Å². The fourth-order valence-electron chi connectivity index (χ4n) is 1.54. The highest BCUT2D eigenvalue weighted by molar-refractivity contribution is 7.92. The first-order valence-electron chi connectivity index (χ1n) is 6.22. The van der Waals surface area contributed by atoms with Crippen LogP contribution in [0, 0.1) is 5.82 Å². The molecule has 1 rings (SSSR count). The lowest BCUT2D eigenvalue weighted by Gasteiger charge is -2.11. The second-order valence-electron chi connectivity index (χ2n) is 4.58. The number of aromatic carboxylic acids is 1. The maximum Gasteiger partial charge on any atom is 0.338 e. The van der Waals surface area contributed by atoms with Crippen LogP contribution in [0.1, 0.15) is 30.6 Å². The summed E-state index contributed by atoms with van der Waals surface area (Å²) in [6.45, 7) is 3.56. The van der Waals surface area contributed by atoms with Crippen LogP contribution in [0.3, 0.4) is 0 Å². The average Bonchev–Trinajstić information content (AvgIpc) is 2.37. The second-order valence-corrected chi connectivity index (χ2v) is 6.57. The van der Waals surface area contributed by atoms with Gasteiger partial charge in [-0.1, -0.05) is 6.92 Å². The lowest BCUT2D eigenvalue weighted by atomic mass is 10.2. The molecule has 116 valence electrons. The number of nitrogens with one attached hydrogen (secondary N) is 1. The standard InChI is InChI=1S/C13H16FNO5S/c1-3-8(2)15-12(16)7-21(19,20)9-4-5-11(14)10(6-9)13(17)18/h4-6,8H,3,7H2,1-2H3,(H,15,16)(H,17,18). The predicted molar refractivity (Wildman–Crippen MR) is 73.3 cm³/mol. The molecule has 2 N–H and O–H groups in total. The number of carboxylic acid groups (broad SMARTS) is 1. The summed E-state index contributed by atoms with van der Waals surface area (Å²) >= 11 is 0. The van der Waals surface area contributed by atoms with Crippen molar-refractivity contribution in [1.29, 1.82) is 0 Å². The molecule has 0 aliphatic heterocycles. The molecular formula is C13H16FNO5S. The third-order valence-corrected chi connectivity index (χ3v) is 4.48. The Morgan fingerprint density at radius 1 is 1.38 bits per heavy atom. The highest BCUT2D eigenvalue weighted by atomic mass is 32.2. The molecule has 1 amide bonds. The zero-order valence-electron chi connectivity index (χ0n) is 11.6. The highest BCUT2D eigenvalue weighted by Gasteiger charge is 2.22. The van der Waals surface area contributed by atoms with Crippen LogP contribution in [-0.4, -0.2) is 37.2 Å². The van der Waals surface area contributed by atoms with E-state index in [1.54, 1.807) is 6.92 Å². The van der Waals surface area contributed by atoms with E-state index in [9.17, 15) is 22.4 Å². The Morgan fingerprint density at radius 3 is 2.52 bits per heavy atom. The minimum Gasteiger partial charge on any atom is -0.478 e. The molecule has 0 aliphatic carbocycles. The zero-order valence-corrected chi connectivity index (χ0v) is 12.4. The van der Waals surface area contributed by atoms with Gasteiger partial charge in [0.05, 0.1) is 10.5 Å². The van der Waals surface area contributed by atoms with Crippen LogP contribution >= 0.6 is 0 Å². The number of sulfone groups is 1. The van der Waals surface area contributed by atoms with E-state index in [0.717, 1.165) is 12.1 Å². The molecule has 6 nitrogen and oxygen atoms in total. The minimum atomic E-state index is -4.03. The Labute approximate surface area is 121 Å². The van der Waals surface area contributed by atoms with Crippen molar-refractivity contribution < 1.29 is 27.5 Å². The van der Waals surface area contributed by atoms with Gasteiger partial charge >= 0.3 is 5.97 Å². The lowest BCUT2D eigenvalue weighted by Crippen LogP contribution is -2.36. The monoisotopic (exact) mass is 317 g/mol. The second kappa shape index (κ2) is 6.66. The van der Waals surface area contributed by atoms with E-state index in [2.05, 4.69) is 5.32 Å². The Kier molecular flexibility index (Phi) is 5.42. The number of benzene rings is 1. The van der Waals surface area contributed by atoms with Crippen LogP contribution in [0.25, 0.3) is 0 Å². The predicted octanol–water partition coefficient (Wildman–Crippen LogP) is 1.21. The number of hydrogen-bond donors (Lipinski definition) is 2. The summed E-state index contributed by atoms with van der Waals surface area (Å²) in [5.74, 6) is -4.12. The van der Waals surface area contributed by atoms with E-state index in [0.29, 0.717) is 12.5 Å². The van der Waals surface area contributed by atoms with E-state index in [4.69, 9.17) is 5.11 Å². The van der Waals surface area contributed by atoms with Gasteiger partial charge in [0.15, 0.2) is 9.84 Å². The van der Waals surface area contributed by atoms with Crippen molar-refractivity contribution in [3.63, 3.8) is 0 Å². The molecule has 1 atom stereocenters. The third-order valence-electron chi connectivity index (χ3n) is 2.87.